The minimum absolute atomic E-state index is 0.0219. The summed E-state index contributed by atoms with van der Waals surface area (Å²) in [5, 5.41) is 0. The SMILES string of the molecule is O=S(=O)(c1ccc2ncsc2c1)N1CCC[C@@H]1Cn1ccnc1. The van der Waals surface area contributed by atoms with Gasteiger partial charge in [-0.1, -0.05) is 0 Å². The van der Waals surface area contributed by atoms with Gasteiger partial charge in [-0.05, 0) is 31.0 Å². The van der Waals surface area contributed by atoms with E-state index < -0.39 is 10.0 Å². The van der Waals surface area contributed by atoms with Crippen molar-refractivity contribution in [3.8, 4) is 0 Å². The average Bonchev–Trinajstić information content (AvgIpc) is 3.28. The Bertz CT molecular complexity index is 918. The standard InChI is InChI=1S/C15H16N4O2S2/c20-23(21,13-3-4-14-15(8-13)22-11-17-14)19-6-1-2-12(19)9-18-7-5-16-10-18/h3-5,7-8,10-12H,1-2,6,9H2/t12-/m1/s1. The van der Waals surface area contributed by atoms with Gasteiger partial charge in [-0.15, -0.1) is 11.3 Å². The summed E-state index contributed by atoms with van der Waals surface area (Å²) < 4.78 is 30.5. The number of sulfonamides is 1. The molecule has 120 valence electrons. The first-order valence-electron chi connectivity index (χ1n) is 7.45. The Morgan fingerprint density at radius 2 is 2.26 bits per heavy atom. The number of imidazole rings is 1. The largest absolute Gasteiger partial charge is 0.336 e. The Kier molecular flexibility index (Phi) is 3.67. The molecule has 1 aliphatic rings. The van der Waals surface area contributed by atoms with E-state index in [-0.39, 0.29) is 6.04 Å². The van der Waals surface area contributed by atoms with Crippen molar-refractivity contribution in [3.05, 3.63) is 42.4 Å². The molecule has 0 spiro atoms. The maximum Gasteiger partial charge on any atom is 0.243 e. The lowest BCUT2D eigenvalue weighted by Gasteiger charge is -2.24. The highest BCUT2D eigenvalue weighted by Crippen LogP contribution is 2.29. The summed E-state index contributed by atoms with van der Waals surface area (Å²) in [4.78, 5) is 8.58. The van der Waals surface area contributed by atoms with Gasteiger partial charge in [0.2, 0.25) is 10.0 Å². The zero-order valence-electron chi connectivity index (χ0n) is 12.4. The monoisotopic (exact) mass is 348 g/mol. The number of thiazole rings is 1. The van der Waals surface area contributed by atoms with E-state index in [0.29, 0.717) is 18.0 Å². The Labute approximate surface area is 138 Å². The lowest BCUT2D eigenvalue weighted by atomic mass is 10.2. The van der Waals surface area contributed by atoms with Crippen molar-refractivity contribution in [1.29, 1.82) is 0 Å². The van der Waals surface area contributed by atoms with Crippen LogP contribution in [0.15, 0.2) is 47.3 Å². The second kappa shape index (κ2) is 5.70. The first-order valence-corrected chi connectivity index (χ1v) is 9.77. The minimum atomic E-state index is -3.48. The molecule has 1 fully saturated rings. The van der Waals surface area contributed by atoms with Gasteiger partial charge in [0.25, 0.3) is 0 Å². The third-order valence-corrected chi connectivity index (χ3v) is 6.95. The molecular weight excluding hydrogens is 332 g/mol. The molecule has 1 atom stereocenters. The normalized spacial score (nSPS) is 19.6. The summed E-state index contributed by atoms with van der Waals surface area (Å²) in [6.45, 7) is 1.21. The van der Waals surface area contributed by atoms with Crippen LogP contribution in [0.2, 0.25) is 0 Å². The van der Waals surface area contributed by atoms with E-state index in [9.17, 15) is 8.42 Å². The average molecular weight is 348 g/mol. The highest BCUT2D eigenvalue weighted by atomic mass is 32.2. The van der Waals surface area contributed by atoms with Gasteiger partial charge >= 0.3 is 0 Å². The Morgan fingerprint density at radius 3 is 3.09 bits per heavy atom. The first kappa shape index (κ1) is 14.8. The molecule has 0 saturated carbocycles. The van der Waals surface area contributed by atoms with Crippen LogP contribution >= 0.6 is 11.3 Å². The maximum atomic E-state index is 13.0. The summed E-state index contributed by atoms with van der Waals surface area (Å²) in [5.41, 5.74) is 2.57. The van der Waals surface area contributed by atoms with Crippen LogP contribution in [0.3, 0.4) is 0 Å². The fraction of sp³-hybridized carbons (Fsp3) is 0.333. The predicted octanol–water partition coefficient (Wildman–Crippen LogP) is 2.35. The Morgan fingerprint density at radius 1 is 1.35 bits per heavy atom. The van der Waals surface area contributed by atoms with E-state index in [0.717, 1.165) is 23.1 Å². The van der Waals surface area contributed by atoms with E-state index in [2.05, 4.69) is 9.97 Å². The van der Waals surface area contributed by atoms with E-state index >= 15 is 0 Å². The van der Waals surface area contributed by atoms with Crippen molar-refractivity contribution in [2.45, 2.75) is 30.3 Å². The van der Waals surface area contributed by atoms with E-state index in [4.69, 9.17) is 0 Å². The summed E-state index contributed by atoms with van der Waals surface area (Å²) >= 11 is 1.46. The van der Waals surface area contributed by atoms with Crippen LogP contribution in [0.5, 0.6) is 0 Å². The van der Waals surface area contributed by atoms with Gasteiger partial charge in [-0.2, -0.15) is 4.31 Å². The number of benzene rings is 1. The Balaban J connectivity index is 1.66. The summed E-state index contributed by atoms with van der Waals surface area (Å²) in [6, 6.07) is 5.14. The van der Waals surface area contributed by atoms with E-state index in [1.807, 2.05) is 10.8 Å². The summed E-state index contributed by atoms with van der Waals surface area (Å²) in [5.74, 6) is 0. The minimum Gasteiger partial charge on any atom is -0.336 e. The van der Waals surface area contributed by atoms with Gasteiger partial charge < -0.3 is 4.57 Å². The molecule has 3 heterocycles. The first-order chi connectivity index (χ1) is 11.1. The molecule has 1 aliphatic heterocycles. The maximum absolute atomic E-state index is 13.0. The number of aromatic nitrogens is 3. The molecule has 1 aromatic carbocycles. The second-order valence-electron chi connectivity index (χ2n) is 5.65. The number of hydrogen-bond donors (Lipinski definition) is 0. The second-order valence-corrected chi connectivity index (χ2v) is 8.43. The molecule has 0 bridgehead atoms. The third kappa shape index (κ3) is 2.66. The molecule has 0 N–H and O–H groups in total. The number of hydrogen-bond acceptors (Lipinski definition) is 5. The molecule has 0 unspecified atom stereocenters. The molecule has 0 amide bonds. The van der Waals surface area contributed by atoms with Crippen molar-refractivity contribution < 1.29 is 8.42 Å². The molecule has 6 nitrogen and oxygen atoms in total. The molecular formula is C15H16N4O2S2. The third-order valence-electron chi connectivity index (χ3n) is 4.21. The number of fused-ring (bicyclic) bond motifs is 1. The van der Waals surface area contributed by atoms with Crippen LogP contribution in [0, 0.1) is 0 Å². The van der Waals surface area contributed by atoms with Crippen LogP contribution in [0.1, 0.15) is 12.8 Å². The highest BCUT2D eigenvalue weighted by molar-refractivity contribution is 7.89. The summed E-state index contributed by atoms with van der Waals surface area (Å²) in [7, 11) is -3.48. The topological polar surface area (TPSA) is 68.1 Å². The van der Waals surface area contributed by atoms with Crippen LogP contribution in [-0.2, 0) is 16.6 Å². The fourth-order valence-corrected chi connectivity index (χ4v) is 5.58. The van der Waals surface area contributed by atoms with Gasteiger partial charge in [0.05, 0.1) is 26.9 Å². The van der Waals surface area contributed by atoms with E-state index in [1.54, 1.807) is 40.5 Å². The summed E-state index contributed by atoms with van der Waals surface area (Å²) in [6.07, 6.45) is 7.08. The van der Waals surface area contributed by atoms with Crippen LogP contribution in [0.25, 0.3) is 10.2 Å². The van der Waals surface area contributed by atoms with Crippen molar-refractivity contribution in [3.63, 3.8) is 0 Å². The quantitative estimate of drug-likeness (QED) is 0.726. The van der Waals surface area contributed by atoms with Gasteiger partial charge in [-0.3, -0.25) is 0 Å². The smallest absolute Gasteiger partial charge is 0.243 e. The zero-order valence-corrected chi connectivity index (χ0v) is 14.0. The number of rotatable bonds is 4. The van der Waals surface area contributed by atoms with Crippen LogP contribution < -0.4 is 0 Å². The van der Waals surface area contributed by atoms with Gasteiger partial charge in [-0.25, -0.2) is 18.4 Å². The van der Waals surface area contributed by atoms with Crippen molar-refractivity contribution in [2.24, 2.45) is 0 Å². The lowest BCUT2D eigenvalue weighted by molar-refractivity contribution is 0.352. The zero-order chi connectivity index (χ0) is 15.9. The van der Waals surface area contributed by atoms with Gasteiger partial charge in [0.1, 0.15) is 0 Å². The molecule has 8 heteroatoms. The van der Waals surface area contributed by atoms with Crippen molar-refractivity contribution in [2.75, 3.05) is 6.54 Å². The molecule has 1 saturated heterocycles. The van der Waals surface area contributed by atoms with Gasteiger partial charge in [0.15, 0.2) is 0 Å². The lowest BCUT2D eigenvalue weighted by Crippen LogP contribution is -2.37. The molecule has 3 aromatic rings. The molecule has 2 aromatic heterocycles. The van der Waals surface area contributed by atoms with Crippen LogP contribution in [0.4, 0.5) is 0 Å². The fourth-order valence-electron chi connectivity index (χ4n) is 3.08. The predicted molar refractivity (Wildman–Crippen MR) is 88.8 cm³/mol. The Hall–Kier alpha value is -1.77. The van der Waals surface area contributed by atoms with Crippen molar-refractivity contribution >= 4 is 31.6 Å². The molecule has 4 rings (SSSR count). The number of nitrogens with zero attached hydrogens (tertiary/aromatic N) is 4. The van der Waals surface area contributed by atoms with Crippen molar-refractivity contribution in [1.82, 2.24) is 18.8 Å². The van der Waals surface area contributed by atoms with Gasteiger partial charge in [0, 0.05) is 31.5 Å². The molecule has 0 aliphatic carbocycles. The molecule has 0 radical (unpaired) electrons. The molecule has 23 heavy (non-hydrogen) atoms. The van der Waals surface area contributed by atoms with E-state index in [1.165, 1.54) is 11.3 Å². The highest BCUT2D eigenvalue weighted by Gasteiger charge is 2.35. The van der Waals surface area contributed by atoms with Crippen LogP contribution in [-0.4, -0.2) is 39.8 Å².